The standard InChI is InChI=1S/C30H35F3N6O5S2/c1-3-19-14-20(38-8-6-37(7-9-38)10-12-43-2)4-5-23(19)35-29-34-16-22(30(31,32)33)26(36-29)24-15-25-27(45-24)28(40)39(21-17-44-18-21)11-13-46(25,41)42/h4-5,14-16,21H,3,6-13,17-18H2,1-2H3,(H,34,35,36). The number of nitrogens with zero attached hydrogens (tertiary/aromatic N) is 5. The number of hydrogen-bond donors (Lipinski definition) is 1. The number of rotatable bonds is 9. The summed E-state index contributed by atoms with van der Waals surface area (Å²) in [6.45, 7) is 7.67. The maximum Gasteiger partial charge on any atom is 0.420 e. The molecule has 248 valence electrons. The fourth-order valence-corrected chi connectivity index (χ4v) is 8.70. The number of amides is 1. The fraction of sp³-hybridized carbons (Fsp3) is 0.500. The average molecular weight is 681 g/mol. The number of halogens is 3. The van der Waals surface area contributed by atoms with Crippen molar-refractivity contribution in [1.29, 1.82) is 0 Å². The molecule has 11 nitrogen and oxygen atoms in total. The number of piperazine rings is 1. The van der Waals surface area contributed by atoms with Gasteiger partial charge < -0.3 is 24.6 Å². The molecule has 0 saturated carbocycles. The Labute approximate surface area is 269 Å². The van der Waals surface area contributed by atoms with Crippen LogP contribution in [-0.2, 0) is 31.9 Å². The molecular formula is C30H35F3N6O5S2. The summed E-state index contributed by atoms with van der Waals surface area (Å²) < 4.78 is 79.2. The second kappa shape index (κ2) is 13.1. The third kappa shape index (κ3) is 6.58. The van der Waals surface area contributed by atoms with Crippen LogP contribution in [0, 0.1) is 0 Å². The molecule has 3 aliphatic rings. The lowest BCUT2D eigenvalue weighted by Gasteiger charge is -2.36. The normalized spacial score (nSPS) is 19.1. The van der Waals surface area contributed by atoms with Gasteiger partial charge in [-0.2, -0.15) is 13.2 Å². The molecule has 6 rings (SSSR count). The predicted octanol–water partition coefficient (Wildman–Crippen LogP) is 3.93. The summed E-state index contributed by atoms with van der Waals surface area (Å²) in [5.74, 6) is -0.950. The van der Waals surface area contributed by atoms with Crippen molar-refractivity contribution in [1.82, 2.24) is 19.8 Å². The first-order valence-corrected chi connectivity index (χ1v) is 17.5. The molecule has 1 N–H and O–H groups in total. The third-order valence-electron chi connectivity index (χ3n) is 8.54. The van der Waals surface area contributed by atoms with Gasteiger partial charge in [-0.25, -0.2) is 18.4 Å². The quantitative estimate of drug-likeness (QED) is 0.357. The highest BCUT2D eigenvalue weighted by molar-refractivity contribution is 7.91. The molecule has 46 heavy (non-hydrogen) atoms. The molecule has 1 amide bonds. The topological polar surface area (TPSA) is 117 Å². The van der Waals surface area contributed by atoms with E-state index in [-0.39, 0.29) is 52.2 Å². The summed E-state index contributed by atoms with van der Waals surface area (Å²) in [5, 5.41) is 3.07. The van der Waals surface area contributed by atoms with Gasteiger partial charge in [-0.15, -0.1) is 11.3 Å². The molecule has 16 heteroatoms. The van der Waals surface area contributed by atoms with Crippen molar-refractivity contribution in [3.8, 4) is 10.6 Å². The first-order chi connectivity index (χ1) is 22.0. The Bertz CT molecular complexity index is 1710. The first-order valence-electron chi connectivity index (χ1n) is 15.0. The number of nitrogens with one attached hydrogen (secondary N) is 1. The molecule has 1 aromatic carbocycles. The smallest absolute Gasteiger partial charge is 0.383 e. The number of anilines is 3. The van der Waals surface area contributed by atoms with Crippen molar-refractivity contribution in [3.63, 3.8) is 0 Å². The number of carbonyl (C=O) groups is 1. The second-order valence-electron chi connectivity index (χ2n) is 11.4. The zero-order chi connectivity index (χ0) is 32.6. The first kappa shape index (κ1) is 32.6. The van der Waals surface area contributed by atoms with Crippen molar-refractivity contribution in [2.45, 2.75) is 30.5 Å². The SMILES string of the molecule is CCc1cc(N2CCN(CCOC)CC2)ccc1Nc1ncc(C(F)(F)F)c(-c2cc3c(s2)C(=O)N(C2COC2)CCS3(=O)=O)n1. The summed E-state index contributed by atoms with van der Waals surface area (Å²) in [5.41, 5.74) is 1.01. The lowest BCUT2D eigenvalue weighted by Crippen LogP contribution is -2.52. The highest BCUT2D eigenvalue weighted by atomic mass is 32.2. The molecule has 0 spiro atoms. The Morgan fingerprint density at radius 1 is 1.13 bits per heavy atom. The minimum atomic E-state index is -4.82. The van der Waals surface area contributed by atoms with Crippen LogP contribution in [0.3, 0.4) is 0 Å². The van der Waals surface area contributed by atoms with Gasteiger partial charge in [-0.1, -0.05) is 6.92 Å². The van der Waals surface area contributed by atoms with Gasteiger partial charge >= 0.3 is 6.18 Å². The van der Waals surface area contributed by atoms with Gasteiger partial charge in [0.2, 0.25) is 5.95 Å². The molecule has 0 bridgehead atoms. The summed E-state index contributed by atoms with van der Waals surface area (Å²) >= 11 is 0.698. The number of thiophene rings is 1. The number of hydrogen-bond acceptors (Lipinski definition) is 11. The van der Waals surface area contributed by atoms with Crippen molar-refractivity contribution in [2.75, 3.05) is 82.2 Å². The van der Waals surface area contributed by atoms with Gasteiger partial charge in [0, 0.05) is 63.9 Å². The van der Waals surface area contributed by atoms with Gasteiger partial charge in [0.1, 0.15) is 10.4 Å². The maximum atomic E-state index is 14.2. The van der Waals surface area contributed by atoms with Crippen molar-refractivity contribution in [2.24, 2.45) is 0 Å². The molecule has 2 saturated heterocycles. The minimum absolute atomic E-state index is 0.00948. The summed E-state index contributed by atoms with van der Waals surface area (Å²) in [4.78, 5) is 27.2. The van der Waals surface area contributed by atoms with Crippen LogP contribution in [0.15, 0.2) is 35.4 Å². The molecule has 0 unspecified atom stereocenters. The van der Waals surface area contributed by atoms with Gasteiger partial charge in [-0.05, 0) is 36.2 Å². The number of ether oxygens (including phenoxy) is 2. The Hall–Kier alpha value is -3.31. The van der Waals surface area contributed by atoms with Crippen molar-refractivity contribution >= 4 is 44.4 Å². The van der Waals surface area contributed by atoms with E-state index in [1.807, 2.05) is 19.1 Å². The van der Waals surface area contributed by atoms with E-state index in [1.165, 1.54) is 4.90 Å². The summed E-state index contributed by atoms with van der Waals surface area (Å²) in [6, 6.07) is 6.75. The van der Waals surface area contributed by atoms with E-state index < -0.39 is 33.2 Å². The van der Waals surface area contributed by atoms with E-state index in [1.54, 1.807) is 7.11 Å². The second-order valence-corrected chi connectivity index (χ2v) is 14.5. The van der Waals surface area contributed by atoms with Crippen molar-refractivity contribution in [3.05, 3.63) is 46.5 Å². The average Bonchev–Trinajstić information content (AvgIpc) is 3.44. The number of sulfone groups is 1. The van der Waals surface area contributed by atoms with Crippen LogP contribution in [0.4, 0.5) is 30.5 Å². The molecule has 2 aromatic heterocycles. The Kier molecular flexibility index (Phi) is 9.26. The number of benzene rings is 1. The molecule has 5 heterocycles. The molecular weight excluding hydrogens is 645 g/mol. The number of methoxy groups -OCH3 is 1. The van der Waals surface area contributed by atoms with Crippen LogP contribution in [0.25, 0.3) is 10.6 Å². The fourth-order valence-electron chi connectivity index (χ4n) is 5.78. The predicted molar refractivity (Wildman–Crippen MR) is 168 cm³/mol. The highest BCUT2D eigenvalue weighted by Gasteiger charge is 2.41. The van der Waals surface area contributed by atoms with Gasteiger partial charge in [0.05, 0.1) is 47.1 Å². The van der Waals surface area contributed by atoms with E-state index in [9.17, 15) is 26.4 Å². The van der Waals surface area contributed by atoms with Crippen LogP contribution < -0.4 is 10.2 Å². The summed E-state index contributed by atoms with van der Waals surface area (Å²) in [6.07, 6.45) is -3.48. The van der Waals surface area contributed by atoms with E-state index >= 15 is 0 Å². The van der Waals surface area contributed by atoms with Gasteiger partial charge in [0.15, 0.2) is 9.84 Å². The minimum Gasteiger partial charge on any atom is -0.383 e. The lowest BCUT2D eigenvalue weighted by molar-refractivity contribution is -0.137. The molecule has 0 radical (unpaired) electrons. The molecule has 3 aliphatic heterocycles. The van der Waals surface area contributed by atoms with Crippen molar-refractivity contribution < 1.29 is 35.9 Å². The van der Waals surface area contributed by atoms with E-state index in [0.29, 0.717) is 36.2 Å². The lowest BCUT2D eigenvalue weighted by atomic mass is 10.1. The number of aryl methyl sites for hydroxylation is 1. The Morgan fingerprint density at radius 2 is 1.89 bits per heavy atom. The van der Waals surface area contributed by atoms with Crippen LogP contribution in [0.5, 0.6) is 0 Å². The zero-order valence-electron chi connectivity index (χ0n) is 25.5. The zero-order valence-corrected chi connectivity index (χ0v) is 27.1. The monoisotopic (exact) mass is 680 g/mol. The summed E-state index contributed by atoms with van der Waals surface area (Å²) in [7, 11) is -2.24. The molecule has 0 atom stereocenters. The van der Waals surface area contributed by atoms with E-state index in [4.69, 9.17) is 9.47 Å². The number of alkyl halides is 3. The van der Waals surface area contributed by atoms with Gasteiger partial charge in [0.25, 0.3) is 5.91 Å². The molecule has 2 fully saturated rings. The van der Waals surface area contributed by atoms with E-state index in [0.717, 1.165) is 50.0 Å². The van der Waals surface area contributed by atoms with E-state index in [2.05, 4.69) is 31.2 Å². The largest absolute Gasteiger partial charge is 0.420 e. The maximum absolute atomic E-state index is 14.2. The highest BCUT2D eigenvalue weighted by Crippen LogP contribution is 2.42. The van der Waals surface area contributed by atoms with Crippen LogP contribution in [-0.4, -0.2) is 112 Å². The molecule has 0 aliphatic carbocycles. The number of fused-ring (bicyclic) bond motifs is 1. The molecule has 3 aromatic rings. The number of carbonyl (C=O) groups excluding carboxylic acids is 1. The van der Waals surface area contributed by atoms with Crippen LogP contribution in [0.2, 0.25) is 0 Å². The third-order valence-corrected chi connectivity index (χ3v) is 11.5. The van der Waals surface area contributed by atoms with Crippen LogP contribution in [0.1, 0.15) is 27.7 Å². The Morgan fingerprint density at radius 3 is 2.54 bits per heavy atom. The number of aromatic nitrogens is 2. The Balaban J connectivity index is 1.29. The van der Waals surface area contributed by atoms with Gasteiger partial charge in [-0.3, -0.25) is 9.69 Å². The van der Waals surface area contributed by atoms with Crippen LogP contribution >= 0.6 is 11.3 Å².